The van der Waals surface area contributed by atoms with Gasteiger partial charge in [-0.25, -0.2) is 9.97 Å². The molecule has 4 aromatic rings. The number of aromatic nitrogens is 4. The van der Waals surface area contributed by atoms with Crippen LogP contribution in [-0.4, -0.2) is 36.9 Å². The number of imidazole rings is 2. The van der Waals surface area contributed by atoms with Gasteiger partial charge in [0.15, 0.2) is 5.69 Å². The lowest BCUT2D eigenvalue weighted by Crippen LogP contribution is -2.40. The van der Waals surface area contributed by atoms with E-state index in [9.17, 15) is 18.0 Å². The second-order valence-electron chi connectivity index (χ2n) is 8.49. The molecule has 0 spiro atoms. The van der Waals surface area contributed by atoms with Crippen LogP contribution in [0.15, 0.2) is 48.9 Å². The lowest BCUT2D eigenvalue weighted by Gasteiger charge is -2.30. The van der Waals surface area contributed by atoms with Crippen molar-refractivity contribution in [2.45, 2.75) is 58.8 Å². The molecule has 1 saturated carbocycles. The van der Waals surface area contributed by atoms with E-state index in [1.807, 2.05) is 23.7 Å². The van der Waals surface area contributed by atoms with Crippen molar-refractivity contribution >= 4 is 28.4 Å². The minimum absolute atomic E-state index is 0. The predicted molar refractivity (Wildman–Crippen MR) is 132 cm³/mol. The number of aryl methyl sites for hydroxylation is 1. The van der Waals surface area contributed by atoms with Gasteiger partial charge in [0.1, 0.15) is 11.5 Å². The van der Waals surface area contributed by atoms with E-state index in [2.05, 4.69) is 20.6 Å². The molecular formula is C25H31F3N6O. The highest BCUT2D eigenvalue weighted by atomic mass is 19.4. The van der Waals surface area contributed by atoms with Crippen LogP contribution in [0.2, 0.25) is 0 Å². The number of hydrogen-bond donors (Lipinski definition) is 2. The summed E-state index contributed by atoms with van der Waals surface area (Å²) < 4.78 is 42.4. The zero-order valence-electron chi connectivity index (χ0n) is 17.9. The molecule has 0 aliphatic heterocycles. The van der Waals surface area contributed by atoms with Crippen LogP contribution in [-0.2, 0) is 13.2 Å². The van der Waals surface area contributed by atoms with E-state index in [4.69, 9.17) is 0 Å². The first-order valence-electron chi connectivity index (χ1n) is 10.8. The fraction of sp³-hybridized carbons (Fsp3) is 0.400. The van der Waals surface area contributed by atoms with Crippen LogP contribution in [0.25, 0.3) is 16.7 Å². The molecule has 1 fully saturated rings. The Kier molecular flexibility index (Phi) is 7.42. The Morgan fingerprint density at radius 2 is 1.77 bits per heavy atom. The first kappa shape index (κ1) is 26.1. The number of halogens is 3. The van der Waals surface area contributed by atoms with Gasteiger partial charge in [0.25, 0.3) is 5.91 Å². The lowest BCUT2D eigenvalue weighted by atomic mass is 9.91. The number of fused-ring (bicyclic) bond motifs is 2. The Morgan fingerprint density at radius 3 is 2.49 bits per heavy atom. The maximum absolute atomic E-state index is 13.0. The molecule has 188 valence electrons. The van der Waals surface area contributed by atoms with Gasteiger partial charge in [0.2, 0.25) is 0 Å². The molecule has 5 rings (SSSR count). The average Bonchev–Trinajstić information content (AvgIpc) is 3.39. The molecule has 1 amide bonds. The lowest BCUT2D eigenvalue weighted by molar-refractivity contribution is -0.140. The number of amides is 1. The highest BCUT2D eigenvalue weighted by Gasteiger charge is 2.34. The first-order valence-corrected chi connectivity index (χ1v) is 10.8. The molecule has 0 bridgehead atoms. The maximum Gasteiger partial charge on any atom is 0.434 e. The van der Waals surface area contributed by atoms with Crippen molar-refractivity contribution in [1.82, 2.24) is 24.3 Å². The van der Waals surface area contributed by atoms with Crippen LogP contribution in [0.1, 0.15) is 56.6 Å². The summed E-state index contributed by atoms with van der Waals surface area (Å²) in [5, 5.41) is 6.46. The van der Waals surface area contributed by atoms with Gasteiger partial charge in [-0.3, -0.25) is 9.20 Å². The molecule has 1 aromatic carbocycles. The zero-order valence-corrected chi connectivity index (χ0v) is 17.9. The molecule has 1 aliphatic carbocycles. The van der Waals surface area contributed by atoms with E-state index in [1.165, 1.54) is 4.40 Å². The third kappa shape index (κ3) is 5.26. The van der Waals surface area contributed by atoms with Crippen molar-refractivity contribution in [2.75, 3.05) is 5.32 Å². The number of hydrogen-bond acceptors (Lipinski definition) is 4. The van der Waals surface area contributed by atoms with Crippen LogP contribution >= 0.6 is 0 Å². The summed E-state index contributed by atoms with van der Waals surface area (Å²) in [6.45, 7) is 0. The predicted octanol–water partition coefficient (Wildman–Crippen LogP) is 5.67. The standard InChI is InChI=1S/C23H23F3N6O.2CH4/c1-31-13-27-17-10-5-14(11-18(17)31)22(33)29-16-8-6-15(7-9-16)28-20-3-2-4-21-30-19(12-32(20)21)23(24,25)26;;/h2-5,10-13,15-16,28H,6-9H2,1H3,(H,29,33);2*1H4. The molecule has 0 radical (unpaired) electrons. The van der Waals surface area contributed by atoms with Gasteiger partial charge >= 0.3 is 6.18 Å². The molecule has 3 aromatic heterocycles. The van der Waals surface area contributed by atoms with E-state index in [1.54, 1.807) is 30.6 Å². The summed E-state index contributed by atoms with van der Waals surface area (Å²) in [4.78, 5) is 20.7. The molecule has 2 N–H and O–H groups in total. The minimum atomic E-state index is -4.49. The van der Waals surface area contributed by atoms with Crippen molar-refractivity contribution < 1.29 is 18.0 Å². The fourth-order valence-corrected chi connectivity index (χ4v) is 4.39. The van der Waals surface area contributed by atoms with E-state index >= 15 is 0 Å². The molecule has 1 aliphatic rings. The molecule has 3 heterocycles. The Balaban J connectivity index is 0.00000171. The van der Waals surface area contributed by atoms with Gasteiger partial charge in [-0.15, -0.1) is 0 Å². The number of pyridine rings is 1. The number of nitrogens with zero attached hydrogens (tertiary/aromatic N) is 4. The number of benzene rings is 1. The van der Waals surface area contributed by atoms with Crippen LogP contribution in [0, 0.1) is 0 Å². The minimum Gasteiger partial charge on any atom is -0.368 e. The fourth-order valence-electron chi connectivity index (χ4n) is 4.39. The van der Waals surface area contributed by atoms with Gasteiger partial charge < -0.3 is 15.2 Å². The zero-order chi connectivity index (χ0) is 23.2. The van der Waals surface area contributed by atoms with Crippen molar-refractivity contribution in [3.8, 4) is 0 Å². The topological polar surface area (TPSA) is 76.2 Å². The van der Waals surface area contributed by atoms with E-state index < -0.39 is 11.9 Å². The van der Waals surface area contributed by atoms with Gasteiger partial charge in [-0.1, -0.05) is 20.9 Å². The molecule has 7 nitrogen and oxygen atoms in total. The van der Waals surface area contributed by atoms with Gasteiger partial charge in [-0.05, 0) is 56.0 Å². The molecule has 0 unspecified atom stereocenters. The molecule has 10 heteroatoms. The molecular weight excluding hydrogens is 457 g/mol. The molecule has 35 heavy (non-hydrogen) atoms. The van der Waals surface area contributed by atoms with Crippen LogP contribution < -0.4 is 10.6 Å². The van der Waals surface area contributed by atoms with E-state index in [0.29, 0.717) is 11.4 Å². The van der Waals surface area contributed by atoms with Crippen LogP contribution in [0.5, 0.6) is 0 Å². The first-order chi connectivity index (χ1) is 15.8. The highest BCUT2D eigenvalue weighted by molar-refractivity contribution is 5.97. The van der Waals surface area contributed by atoms with Crippen molar-refractivity contribution in [3.05, 3.63) is 60.2 Å². The summed E-state index contributed by atoms with van der Waals surface area (Å²) in [6, 6.07) is 10.6. The Hall–Kier alpha value is -3.56. The second-order valence-corrected chi connectivity index (χ2v) is 8.49. The van der Waals surface area contributed by atoms with Gasteiger partial charge in [0.05, 0.1) is 17.4 Å². The smallest absolute Gasteiger partial charge is 0.368 e. The summed E-state index contributed by atoms with van der Waals surface area (Å²) in [5.41, 5.74) is 1.68. The van der Waals surface area contributed by atoms with Gasteiger partial charge in [0, 0.05) is 30.9 Å². The SMILES string of the molecule is C.C.Cn1cnc2ccc(C(=O)NC3CCC(Nc4cccc5nc(C(F)(F)F)cn45)CC3)cc21. The van der Waals surface area contributed by atoms with Crippen LogP contribution in [0.3, 0.4) is 0 Å². The third-order valence-corrected chi connectivity index (χ3v) is 6.18. The van der Waals surface area contributed by atoms with Crippen LogP contribution in [0.4, 0.5) is 19.0 Å². The molecule has 0 saturated heterocycles. The quantitative estimate of drug-likeness (QED) is 0.388. The van der Waals surface area contributed by atoms with Crippen molar-refractivity contribution in [2.24, 2.45) is 7.05 Å². The number of carbonyl (C=O) groups is 1. The summed E-state index contributed by atoms with van der Waals surface area (Å²) in [5.74, 6) is 0.463. The Labute approximate surface area is 202 Å². The summed E-state index contributed by atoms with van der Waals surface area (Å²) >= 11 is 0. The number of alkyl halides is 3. The summed E-state index contributed by atoms with van der Waals surface area (Å²) in [7, 11) is 1.89. The average molecular weight is 489 g/mol. The normalized spacial score (nSPS) is 18.1. The third-order valence-electron chi connectivity index (χ3n) is 6.18. The Bertz CT molecular complexity index is 1320. The van der Waals surface area contributed by atoms with Crippen molar-refractivity contribution in [3.63, 3.8) is 0 Å². The monoisotopic (exact) mass is 488 g/mol. The number of carbonyl (C=O) groups excluding carboxylic acids is 1. The van der Waals surface area contributed by atoms with E-state index in [-0.39, 0.29) is 38.5 Å². The maximum atomic E-state index is 13.0. The molecule has 0 atom stereocenters. The summed E-state index contributed by atoms with van der Waals surface area (Å²) in [6.07, 6.45) is 1.40. The largest absolute Gasteiger partial charge is 0.434 e. The second kappa shape index (κ2) is 9.97. The Morgan fingerprint density at radius 1 is 1.06 bits per heavy atom. The highest BCUT2D eigenvalue weighted by Crippen LogP contribution is 2.30. The van der Waals surface area contributed by atoms with E-state index in [0.717, 1.165) is 42.9 Å². The number of nitrogens with one attached hydrogen (secondary N) is 2. The van der Waals surface area contributed by atoms with Crippen molar-refractivity contribution in [1.29, 1.82) is 0 Å². The van der Waals surface area contributed by atoms with Gasteiger partial charge in [-0.2, -0.15) is 13.2 Å². The number of rotatable bonds is 4. The number of anilines is 1.